The van der Waals surface area contributed by atoms with Crippen LogP contribution in [0.4, 0.5) is 10.1 Å². The van der Waals surface area contributed by atoms with Gasteiger partial charge in [0, 0.05) is 44.0 Å². The van der Waals surface area contributed by atoms with Crippen LogP contribution < -0.4 is 10.6 Å². The van der Waals surface area contributed by atoms with E-state index < -0.39 is 0 Å². The fourth-order valence-corrected chi connectivity index (χ4v) is 2.85. The van der Waals surface area contributed by atoms with E-state index in [-0.39, 0.29) is 24.9 Å². The van der Waals surface area contributed by atoms with Gasteiger partial charge in [-0.1, -0.05) is 0 Å². The molecule has 23 heavy (non-hydrogen) atoms. The molecule has 0 fully saturated rings. The highest BCUT2D eigenvalue weighted by atomic mass is 35.5. The number of benzene rings is 1. The second-order valence-electron chi connectivity index (χ2n) is 5.46. The molecule has 2 N–H and O–H groups in total. The van der Waals surface area contributed by atoms with Crippen molar-refractivity contribution < 1.29 is 9.18 Å². The highest BCUT2D eigenvalue weighted by molar-refractivity contribution is 5.95. The molecule has 0 saturated carbocycles. The minimum absolute atomic E-state index is 0. The van der Waals surface area contributed by atoms with Crippen LogP contribution in [0.5, 0.6) is 0 Å². The second-order valence-corrected chi connectivity index (χ2v) is 5.46. The number of rotatable bonds is 6. The average Bonchev–Trinajstić information content (AvgIpc) is 2.95. The fraction of sp³-hybridized carbons (Fsp3) is 0.471. The van der Waals surface area contributed by atoms with Gasteiger partial charge in [-0.3, -0.25) is 4.79 Å². The van der Waals surface area contributed by atoms with Crippen molar-refractivity contribution in [2.75, 3.05) is 37.6 Å². The lowest BCUT2D eigenvalue weighted by Gasteiger charge is -2.21. The summed E-state index contributed by atoms with van der Waals surface area (Å²) >= 11 is 0. The summed E-state index contributed by atoms with van der Waals surface area (Å²) in [6.07, 6.45) is 1.47. The summed E-state index contributed by atoms with van der Waals surface area (Å²) in [7, 11) is 0. The number of hydrogen-bond acceptors (Lipinski definition) is 3. The van der Waals surface area contributed by atoms with Crippen molar-refractivity contribution in [3.8, 4) is 0 Å². The van der Waals surface area contributed by atoms with E-state index in [4.69, 9.17) is 5.73 Å². The molecule has 6 heteroatoms. The number of anilines is 1. The Morgan fingerprint density at radius 1 is 1.39 bits per heavy atom. The molecule has 1 heterocycles. The zero-order valence-corrected chi connectivity index (χ0v) is 14.5. The van der Waals surface area contributed by atoms with E-state index in [0.29, 0.717) is 31.5 Å². The molecule has 1 aromatic rings. The molecular formula is C17H25ClFN3O. The summed E-state index contributed by atoms with van der Waals surface area (Å²) in [6.45, 7) is 6.93. The van der Waals surface area contributed by atoms with Crippen molar-refractivity contribution in [1.29, 1.82) is 0 Å². The number of carbonyl (C=O) groups is 1. The largest absolute Gasteiger partial charge is 0.367 e. The molecule has 0 aromatic heterocycles. The normalized spacial score (nSPS) is 13.6. The minimum atomic E-state index is 0. The molecule has 128 valence electrons. The first-order valence-corrected chi connectivity index (χ1v) is 7.79. The van der Waals surface area contributed by atoms with Crippen LogP contribution in [-0.4, -0.2) is 43.5 Å². The van der Waals surface area contributed by atoms with Crippen LogP contribution in [0.15, 0.2) is 30.1 Å². The van der Waals surface area contributed by atoms with E-state index in [9.17, 15) is 9.18 Å². The minimum Gasteiger partial charge on any atom is -0.367 e. The molecule has 0 radical (unpaired) electrons. The topological polar surface area (TPSA) is 49.6 Å². The second kappa shape index (κ2) is 8.89. The van der Waals surface area contributed by atoms with Gasteiger partial charge in [-0.2, -0.15) is 0 Å². The molecule has 0 aliphatic carbocycles. The van der Waals surface area contributed by atoms with E-state index in [2.05, 4.69) is 4.90 Å². The maximum atomic E-state index is 12.7. The Bertz CT molecular complexity index is 573. The number of nitrogens with zero attached hydrogens (tertiary/aromatic N) is 2. The molecule has 0 bridgehead atoms. The van der Waals surface area contributed by atoms with E-state index in [1.165, 1.54) is 0 Å². The van der Waals surface area contributed by atoms with Crippen LogP contribution in [0.25, 0.3) is 0 Å². The average molecular weight is 342 g/mol. The predicted molar refractivity (Wildman–Crippen MR) is 95.1 cm³/mol. The Labute approximate surface area is 143 Å². The predicted octanol–water partition coefficient (Wildman–Crippen LogP) is 2.77. The quantitative estimate of drug-likeness (QED) is 0.865. The summed E-state index contributed by atoms with van der Waals surface area (Å²) in [5, 5.41) is 0. The van der Waals surface area contributed by atoms with Gasteiger partial charge in [-0.15, -0.1) is 12.4 Å². The van der Waals surface area contributed by atoms with Crippen molar-refractivity contribution in [3.05, 3.63) is 41.2 Å². The number of halogens is 2. The first-order valence-electron chi connectivity index (χ1n) is 7.79. The zero-order valence-electron chi connectivity index (χ0n) is 13.7. The van der Waals surface area contributed by atoms with Crippen LogP contribution in [0, 0.1) is 0 Å². The molecule has 1 amide bonds. The highest BCUT2D eigenvalue weighted by Crippen LogP contribution is 2.29. The highest BCUT2D eigenvalue weighted by Gasteiger charge is 2.22. The van der Waals surface area contributed by atoms with Crippen LogP contribution in [0.1, 0.15) is 29.8 Å². The standard InChI is InChI=1S/C17H24FN3O.ClH/c1-3-20(4-2)17(22)15-5-6-16-14(9-15)7-8-21(16)12-13(10-18)11-19;/h5-6,9-10H,3-4,7-8,11-12,19H2,1-2H3;1H/b13-10+;. The van der Waals surface area contributed by atoms with Gasteiger partial charge in [0.25, 0.3) is 5.91 Å². The Morgan fingerprint density at radius 3 is 2.65 bits per heavy atom. The van der Waals surface area contributed by atoms with Crippen LogP contribution in [0.3, 0.4) is 0 Å². The van der Waals surface area contributed by atoms with Crippen molar-refractivity contribution >= 4 is 24.0 Å². The van der Waals surface area contributed by atoms with Gasteiger partial charge < -0.3 is 15.5 Å². The number of nitrogens with two attached hydrogens (primary N) is 1. The summed E-state index contributed by atoms with van der Waals surface area (Å²) < 4.78 is 12.7. The van der Waals surface area contributed by atoms with Crippen molar-refractivity contribution in [2.24, 2.45) is 5.73 Å². The molecular weight excluding hydrogens is 317 g/mol. The van der Waals surface area contributed by atoms with Crippen LogP contribution in [0.2, 0.25) is 0 Å². The third kappa shape index (κ3) is 4.24. The first-order chi connectivity index (χ1) is 10.6. The summed E-state index contributed by atoms with van der Waals surface area (Å²) in [4.78, 5) is 16.3. The summed E-state index contributed by atoms with van der Waals surface area (Å²) in [6, 6.07) is 5.79. The summed E-state index contributed by atoms with van der Waals surface area (Å²) in [5.41, 5.74) is 9.05. The maximum absolute atomic E-state index is 12.7. The van der Waals surface area contributed by atoms with E-state index in [1.54, 1.807) is 0 Å². The molecule has 0 spiro atoms. The van der Waals surface area contributed by atoms with E-state index in [1.807, 2.05) is 36.9 Å². The lowest BCUT2D eigenvalue weighted by atomic mass is 10.1. The van der Waals surface area contributed by atoms with Gasteiger partial charge >= 0.3 is 0 Å². The van der Waals surface area contributed by atoms with Crippen molar-refractivity contribution in [3.63, 3.8) is 0 Å². The van der Waals surface area contributed by atoms with Crippen LogP contribution in [-0.2, 0) is 6.42 Å². The Balaban J connectivity index is 0.00000264. The van der Waals surface area contributed by atoms with Gasteiger partial charge in [-0.25, -0.2) is 4.39 Å². The zero-order chi connectivity index (χ0) is 16.1. The molecule has 0 unspecified atom stereocenters. The summed E-state index contributed by atoms with van der Waals surface area (Å²) in [5.74, 6) is 0.0672. The molecule has 0 atom stereocenters. The smallest absolute Gasteiger partial charge is 0.253 e. The number of amides is 1. The Morgan fingerprint density at radius 2 is 2.09 bits per heavy atom. The van der Waals surface area contributed by atoms with Gasteiger partial charge in [0.2, 0.25) is 0 Å². The SMILES string of the molecule is CCN(CC)C(=O)c1ccc2c(c1)CCN2C/C(=C/F)CN.Cl. The molecule has 1 aromatic carbocycles. The van der Waals surface area contributed by atoms with Crippen molar-refractivity contribution in [2.45, 2.75) is 20.3 Å². The first kappa shape index (κ1) is 19.5. The molecule has 4 nitrogen and oxygen atoms in total. The monoisotopic (exact) mass is 341 g/mol. The molecule has 0 saturated heterocycles. The van der Waals surface area contributed by atoms with Gasteiger partial charge in [0.1, 0.15) is 0 Å². The number of fused-ring (bicyclic) bond motifs is 1. The molecule has 1 aliphatic rings. The fourth-order valence-electron chi connectivity index (χ4n) is 2.85. The van der Waals surface area contributed by atoms with Crippen molar-refractivity contribution in [1.82, 2.24) is 4.90 Å². The third-order valence-electron chi connectivity index (χ3n) is 4.18. The molecule has 2 rings (SSSR count). The van der Waals surface area contributed by atoms with Gasteiger partial charge in [0.15, 0.2) is 0 Å². The van der Waals surface area contributed by atoms with E-state index >= 15 is 0 Å². The van der Waals surface area contributed by atoms with E-state index in [0.717, 1.165) is 29.8 Å². The Hall–Kier alpha value is -1.59. The van der Waals surface area contributed by atoms with Crippen LogP contribution >= 0.6 is 12.4 Å². The lowest BCUT2D eigenvalue weighted by molar-refractivity contribution is 0.0773. The Kier molecular flexibility index (Phi) is 7.52. The number of hydrogen-bond donors (Lipinski definition) is 1. The number of carbonyl (C=O) groups excluding carboxylic acids is 1. The maximum Gasteiger partial charge on any atom is 0.253 e. The lowest BCUT2D eigenvalue weighted by Crippen LogP contribution is -2.30. The van der Waals surface area contributed by atoms with Gasteiger partial charge in [0.05, 0.1) is 6.33 Å². The van der Waals surface area contributed by atoms with Gasteiger partial charge in [-0.05, 0) is 49.6 Å². The third-order valence-corrected chi connectivity index (χ3v) is 4.18. The molecule has 1 aliphatic heterocycles.